The lowest BCUT2D eigenvalue weighted by molar-refractivity contribution is 0.379. The summed E-state index contributed by atoms with van der Waals surface area (Å²) < 4.78 is 6.34. The van der Waals surface area contributed by atoms with Crippen molar-refractivity contribution < 1.29 is 0 Å². The first kappa shape index (κ1) is 20.3. The Kier molecular flexibility index (Phi) is 6.37. The molecule has 0 spiro atoms. The lowest BCUT2D eigenvalue weighted by Crippen LogP contribution is -2.25. The minimum atomic E-state index is 0.105. The van der Waals surface area contributed by atoms with Gasteiger partial charge in [0.05, 0.1) is 5.39 Å². The lowest BCUT2D eigenvalue weighted by atomic mass is 9.97. The van der Waals surface area contributed by atoms with Crippen molar-refractivity contribution >= 4 is 56.4 Å². The van der Waals surface area contributed by atoms with Crippen molar-refractivity contribution in [2.75, 3.05) is 20.6 Å². The van der Waals surface area contributed by atoms with Gasteiger partial charge in [0.25, 0.3) is 5.56 Å². The number of rotatable bonds is 7. The summed E-state index contributed by atoms with van der Waals surface area (Å²) in [7, 11) is 4.10. The number of hydrogen-bond acceptors (Lipinski definition) is 8. The van der Waals surface area contributed by atoms with Gasteiger partial charge >= 0.3 is 0 Å². The fourth-order valence-electron chi connectivity index (χ4n) is 3.49. The Bertz CT molecular complexity index is 1040. The largest absolute Gasteiger partial charge is 0.309 e. The Morgan fingerprint density at radius 3 is 2.86 bits per heavy atom. The molecule has 28 heavy (non-hydrogen) atoms. The third-order valence-electron chi connectivity index (χ3n) is 4.87. The second-order valence-electron chi connectivity index (χ2n) is 7.18. The fourth-order valence-corrected chi connectivity index (χ4v) is 6.55. The molecule has 4 rings (SSSR count). The SMILES string of the molecule is CN(C)CCCn1c(SCc2nnsc2Cl)nc2sc3c(c2c1=O)CCCC3. The molecule has 3 heterocycles. The molecule has 1 aliphatic rings. The maximum absolute atomic E-state index is 13.4. The van der Waals surface area contributed by atoms with Crippen molar-refractivity contribution in [1.29, 1.82) is 0 Å². The summed E-state index contributed by atoms with van der Waals surface area (Å²) in [5, 5.41) is 5.68. The summed E-state index contributed by atoms with van der Waals surface area (Å²) in [5.74, 6) is 0.562. The standard InChI is InChI=1S/C18H22ClN5OS3/c1-23(2)8-5-9-24-17(25)14-11-6-3-4-7-13(11)27-16(14)20-18(24)26-10-12-15(19)28-22-21-12/h3-10H2,1-2H3. The van der Waals surface area contributed by atoms with Gasteiger partial charge in [0.15, 0.2) is 5.16 Å². The van der Waals surface area contributed by atoms with Gasteiger partial charge < -0.3 is 4.90 Å². The van der Waals surface area contributed by atoms with Crippen LogP contribution in [-0.4, -0.2) is 44.7 Å². The van der Waals surface area contributed by atoms with Crippen molar-refractivity contribution in [2.45, 2.75) is 49.6 Å². The van der Waals surface area contributed by atoms with Gasteiger partial charge in [-0.1, -0.05) is 27.9 Å². The average molecular weight is 456 g/mol. The Morgan fingerprint density at radius 1 is 1.29 bits per heavy atom. The molecular formula is C18H22ClN5OS3. The minimum Gasteiger partial charge on any atom is -0.309 e. The molecule has 0 radical (unpaired) electrons. The molecule has 3 aromatic heterocycles. The van der Waals surface area contributed by atoms with Crippen LogP contribution in [-0.2, 0) is 25.1 Å². The van der Waals surface area contributed by atoms with Gasteiger partial charge in [0.2, 0.25) is 0 Å². The Hall–Kier alpha value is -1.00. The molecule has 3 aromatic rings. The highest BCUT2D eigenvalue weighted by molar-refractivity contribution is 7.98. The van der Waals surface area contributed by atoms with E-state index in [0.717, 1.165) is 53.3 Å². The molecule has 6 nitrogen and oxygen atoms in total. The molecule has 0 unspecified atom stereocenters. The van der Waals surface area contributed by atoms with Crippen LogP contribution in [0.2, 0.25) is 4.34 Å². The van der Waals surface area contributed by atoms with E-state index in [2.05, 4.69) is 14.5 Å². The zero-order chi connectivity index (χ0) is 19.7. The maximum Gasteiger partial charge on any atom is 0.263 e. The highest BCUT2D eigenvalue weighted by atomic mass is 35.5. The Labute approximate surface area is 181 Å². The molecule has 150 valence electrons. The number of halogens is 1. The van der Waals surface area contributed by atoms with Gasteiger partial charge in [0, 0.05) is 28.7 Å². The van der Waals surface area contributed by atoms with E-state index < -0.39 is 0 Å². The van der Waals surface area contributed by atoms with Gasteiger partial charge in [-0.25, -0.2) is 4.98 Å². The molecule has 0 atom stereocenters. The number of aryl methyl sites for hydroxylation is 2. The molecule has 0 fully saturated rings. The molecule has 0 N–H and O–H groups in total. The van der Waals surface area contributed by atoms with Crippen LogP contribution in [0, 0.1) is 0 Å². The topological polar surface area (TPSA) is 63.9 Å². The first-order chi connectivity index (χ1) is 13.5. The number of fused-ring (bicyclic) bond motifs is 3. The van der Waals surface area contributed by atoms with Gasteiger partial charge in [-0.3, -0.25) is 9.36 Å². The van der Waals surface area contributed by atoms with Crippen LogP contribution in [0.25, 0.3) is 10.2 Å². The molecule has 1 aliphatic carbocycles. The van der Waals surface area contributed by atoms with Gasteiger partial charge in [0.1, 0.15) is 14.9 Å². The third kappa shape index (κ3) is 4.14. The first-order valence-corrected chi connectivity index (χ1v) is 12.3. The van der Waals surface area contributed by atoms with Gasteiger partial charge in [-0.2, -0.15) is 0 Å². The lowest BCUT2D eigenvalue weighted by Gasteiger charge is -2.14. The fraction of sp³-hybridized carbons (Fsp3) is 0.556. The van der Waals surface area contributed by atoms with Gasteiger partial charge in [-0.05, 0) is 58.3 Å². The zero-order valence-corrected chi connectivity index (χ0v) is 19.1. The van der Waals surface area contributed by atoms with Crippen molar-refractivity contribution in [3.8, 4) is 0 Å². The van der Waals surface area contributed by atoms with Crippen molar-refractivity contribution in [2.24, 2.45) is 0 Å². The minimum absolute atomic E-state index is 0.105. The van der Waals surface area contributed by atoms with Crippen LogP contribution in [0.5, 0.6) is 0 Å². The van der Waals surface area contributed by atoms with Crippen molar-refractivity contribution in [1.82, 2.24) is 24.0 Å². The molecule has 0 amide bonds. The number of nitrogens with zero attached hydrogens (tertiary/aromatic N) is 5. The highest BCUT2D eigenvalue weighted by Gasteiger charge is 2.22. The summed E-state index contributed by atoms with van der Waals surface area (Å²) in [4.78, 5) is 22.7. The van der Waals surface area contributed by atoms with E-state index in [1.807, 2.05) is 18.7 Å². The van der Waals surface area contributed by atoms with Crippen LogP contribution in [0.1, 0.15) is 35.4 Å². The van der Waals surface area contributed by atoms with E-state index in [4.69, 9.17) is 16.6 Å². The van der Waals surface area contributed by atoms with E-state index in [0.29, 0.717) is 16.6 Å². The number of aromatic nitrogens is 4. The Balaban J connectivity index is 1.72. The normalized spacial score (nSPS) is 14.1. The average Bonchev–Trinajstić information content (AvgIpc) is 3.24. The molecule has 0 aromatic carbocycles. The second kappa shape index (κ2) is 8.79. The molecule has 0 aliphatic heterocycles. The summed E-state index contributed by atoms with van der Waals surface area (Å²) >= 11 is 10.5. The third-order valence-corrected chi connectivity index (χ3v) is 8.03. The maximum atomic E-state index is 13.4. The summed E-state index contributed by atoms with van der Waals surface area (Å²) in [6.07, 6.45) is 5.33. The summed E-state index contributed by atoms with van der Waals surface area (Å²) in [6.45, 7) is 1.59. The van der Waals surface area contributed by atoms with Crippen LogP contribution >= 0.6 is 46.2 Å². The van der Waals surface area contributed by atoms with Gasteiger partial charge in [-0.15, -0.1) is 16.4 Å². The van der Waals surface area contributed by atoms with E-state index in [1.54, 1.807) is 11.3 Å². The molecule has 0 saturated heterocycles. The predicted molar refractivity (Wildman–Crippen MR) is 118 cm³/mol. The van der Waals surface area contributed by atoms with Crippen LogP contribution in [0.3, 0.4) is 0 Å². The van der Waals surface area contributed by atoms with E-state index in [1.165, 1.54) is 40.2 Å². The number of hydrogen-bond donors (Lipinski definition) is 0. The predicted octanol–water partition coefficient (Wildman–Crippen LogP) is 4.09. The first-order valence-electron chi connectivity index (χ1n) is 9.34. The Morgan fingerprint density at radius 2 is 2.11 bits per heavy atom. The van der Waals surface area contributed by atoms with Crippen LogP contribution < -0.4 is 5.56 Å². The summed E-state index contributed by atoms with van der Waals surface area (Å²) in [5.41, 5.74) is 2.10. The number of thioether (sulfide) groups is 1. The van der Waals surface area contributed by atoms with Crippen LogP contribution in [0.4, 0.5) is 0 Å². The van der Waals surface area contributed by atoms with E-state index >= 15 is 0 Å². The highest BCUT2D eigenvalue weighted by Crippen LogP contribution is 2.35. The van der Waals surface area contributed by atoms with E-state index in [9.17, 15) is 4.79 Å². The molecular weight excluding hydrogens is 434 g/mol. The van der Waals surface area contributed by atoms with Crippen LogP contribution in [0.15, 0.2) is 9.95 Å². The second-order valence-corrected chi connectivity index (χ2v) is 10.6. The molecule has 0 bridgehead atoms. The molecule has 10 heteroatoms. The van der Waals surface area contributed by atoms with Crippen molar-refractivity contribution in [3.63, 3.8) is 0 Å². The zero-order valence-electron chi connectivity index (χ0n) is 15.9. The van der Waals surface area contributed by atoms with E-state index in [-0.39, 0.29) is 5.56 Å². The van der Waals surface area contributed by atoms with Crippen molar-refractivity contribution in [3.05, 3.63) is 30.8 Å². The monoisotopic (exact) mass is 455 g/mol. The molecule has 0 saturated carbocycles. The number of thiophene rings is 1. The summed E-state index contributed by atoms with van der Waals surface area (Å²) in [6, 6.07) is 0. The quantitative estimate of drug-likeness (QED) is 0.395. The smallest absolute Gasteiger partial charge is 0.263 e.